The molecule has 39 heavy (non-hydrogen) atoms. The molecule has 3 aromatic carbocycles. The summed E-state index contributed by atoms with van der Waals surface area (Å²) >= 11 is 0. The quantitative estimate of drug-likeness (QED) is 0.355. The zero-order chi connectivity index (χ0) is 27.8. The Bertz CT molecular complexity index is 1380. The van der Waals surface area contributed by atoms with Gasteiger partial charge >= 0.3 is 12.2 Å². The van der Waals surface area contributed by atoms with Crippen LogP contribution in [0.5, 0.6) is 11.5 Å². The van der Waals surface area contributed by atoms with Gasteiger partial charge in [-0.05, 0) is 59.9 Å². The predicted octanol–water partition coefficient (Wildman–Crippen LogP) is 6.97. The predicted molar refractivity (Wildman–Crippen MR) is 146 cm³/mol. The second-order valence-corrected chi connectivity index (χ2v) is 10.2. The van der Waals surface area contributed by atoms with Gasteiger partial charge in [0.15, 0.2) is 0 Å². The van der Waals surface area contributed by atoms with Crippen LogP contribution in [0.3, 0.4) is 0 Å². The average Bonchev–Trinajstić information content (AvgIpc) is 3.55. The third kappa shape index (κ3) is 4.97. The first-order chi connectivity index (χ1) is 18.7. The van der Waals surface area contributed by atoms with E-state index in [4.69, 9.17) is 9.47 Å². The standard InChI is InChI=1S/C30H32F3N3O3/c1-34-21-8-6-20(27(15-21)39-3)17-35-28(37)36-18-29(12-4-5-13-29)25-14-19(7-11-26(25)36)23-10-9-22(38-2)16-24(23)30(31,32)33/h6-11,14-16,34H,4-5,12-13,17-18H2,1-3H3,(H,35,37). The summed E-state index contributed by atoms with van der Waals surface area (Å²) in [5.41, 5.74) is 3.00. The number of nitrogens with zero attached hydrogens (tertiary/aromatic N) is 1. The molecule has 3 aromatic rings. The third-order valence-electron chi connectivity index (χ3n) is 7.97. The monoisotopic (exact) mass is 539 g/mol. The molecule has 1 heterocycles. The number of methoxy groups -OCH3 is 2. The maximum atomic E-state index is 14.0. The summed E-state index contributed by atoms with van der Waals surface area (Å²) in [6.07, 6.45) is -0.718. The molecule has 1 saturated carbocycles. The van der Waals surface area contributed by atoms with E-state index >= 15 is 0 Å². The van der Waals surface area contributed by atoms with Crippen LogP contribution >= 0.6 is 0 Å². The molecule has 0 aromatic heterocycles. The largest absolute Gasteiger partial charge is 0.497 e. The van der Waals surface area contributed by atoms with Crippen molar-refractivity contribution < 1.29 is 27.4 Å². The number of alkyl halides is 3. The molecule has 1 aliphatic heterocycles. The Morgan fingerprint density at radius 1 is 1.00 bits per heavy atom. The van der Waals surface area contributed by atoms with Crippen molar-refractivity contribution >= 4 is 17.4 Å². The number of urea groups is 1. The summed E-state index contributed by atoms with van der Waals surface area (Å²) in [4.78, 5) is 15.2. The highest BCUT2D eigenvalue weighted by molar-refractivity contribution is 5.96. The highest BCUT2D eigenvalue weighted by Gasteiger charge is 2.46. The zero-order valence-electron chi connectivity index (χ0n) is 22.2. The highest BCUT2D eigenvalue weighted by atomic mass is 19.4. The number of ether oxygens (including phenoxy) is 2. The third-order valence-corrected chi connectivity index (χ3v) is 7.97. The molecule has 2 amide bonds. The summed E-state index contributed by atoms with van der Waals surface area (Å²) in [5, 5.41) is 6.08. The molecular formula is C30H32F3N3O3. The summed E-state index contributed by atoms with van der Waals surface area (Å²) in [6, 6.07) is 14.8. The minimum absolute atomic E-state index is 0.0965. The topological polar surface area (TPSA) is 62.8 Å². The van der Waals surface area contributed by atoms with Gasteiger partial charge < -0.3 is 20.1 Å². The van der Waals surface area contributed by atoms with Crippen molar-refractivity contribution in [2.45, 2.75) is 43.8 Å². The van der Waals surface area contributed by atoms with Gasteiger partial charge in [0.1, 0.15) is 11.5 Å². The van der Waals surface area contributed by atoms with Gasteiger partial charge in [-0.3, -0.25) is 4.90 Å². The molecule has 1 fully saturated rings. The van der Waals surface area contributed by atoms with E-state index in [9.17, 15) is 18.0 Å². The van der Waals surface area contributed by atoms with Crippen molar-refractivity contribution in [2.75, 3.05) is 38.0 Å². The normalized spacial score (nSPS) is 15.8. The van der Waals surface area contributed by atoms with Crippen molar-refractivity contribution in [3.05, 3.63) is 71.3 Å². The molecule has 0 radical (unpaired) electrons. The Morgan fingerprint density at radius 3 is 2.44 bits per heavy atom. The van der Waals surface area contributed by atoms with Gasteiger partial charge in [-0.2, -0.15) is 13.2 Å². The zero-order valence-corrected chi connectivity index (χ0v) is 22.2. The van der Waals surface area contributed by atoms with Crippen LogP contribution in [0.15, 0.2) is 54.6 Å². The van der Waals surface area contributed by atoms with Crippen molar-refractivity contribution in [1.29, 1.82) is 0 Å². The van der Waals surface area contributed by atoms with E-state index in [1.54, 1.807) is 30.2 Å². The number of anilines is 2. The van der Waals surface area contributed by atoms with E-state index < -0.39 is 11.7 Å². The maximum Gasteiger partial charge on any atom is 0.417 e. The second kappa shape index (κ2) is 10.4. The number of carbonyl (C=O) groups is 1. The van der Waals surface area contributed by atoms with Crippen LogP contribution in [-0.2, 0) is 18.1 Å². The van der Waals surface area contributed by atoms with E-state index in [1.165, 1.54) is 13.2 Å². The number of halogens is 3. The van der Waals surface area contributed by atoms with Crippen LogP contribution in [0.1, 0.15) is 42.4 Å². The van der Waals surface area contributed by atoms with Crippen molar-refractivity contribution in [3.8, 4) is 22.6 Å². The molecule has 1 aliphatic carbocycles. The number of benzene rings is 3. The molecule has 206 valence electrons. The van der Waals surface area contributed by atoms with Gasteiger partial charge in [0.25, 0.3) is 0 Å². The first-order valence-corrected chi connectivity index (χ1v) is 13.0. The van der Waals surface area contributed by atoms with E-state index in [-0.39, 0.29) is 29.3 Å². The summed E-state index contributed by atoms with van der Waals surface area (Å²) in [7, 11) is 4.76. The minimum atomic E-state index is -4.54. The molecule has 0 bridgehead atoms. The van der Waals surface area contributed by atoms with Crippen LogP contribution in [-0.4, -0.2) is 33.8 Å². The van der Waals surface area contributed by atoms with Gasteiger partial charge in [-0.1, -0.05) is 31.0 Å². The van der Waals surface area contributed by atoms with Crippen molar-refractivity contribution in [1.82, 2.24) is 5.32 Å². The fraction of sp³-hybridized carbons (Fsp3) is 0.367. The number of amides is 2. The number of carbonyl (C=O) groups excluding carboxylic acids is 1. The summed E-state index contributed by atoms with van der Waals surface area (Å²) in [5.74, 6) is 0.820. The Kier molecular flexibility index (Phi) is 7.09. The number of fused-ring (bicyclic) bond motifs is 2. The lowest BCUT2D eigenvalue weighted by molar-refractivity contribution is -0.137. The van der Waals surface area contributed by atoms with Gasteiger partial charge in [0.2, 0.25) is 0 Å². The first-order valence-electron chi connectivity index (χ1n) is 13.0. The lowest BCUT2D eigenvalue weighted by Crippen LogP contribution is -2.41. The van der Waals surface area contributed by atoms with Crippen LogP contribution in [0.4, 0.5) is 29.3 Å². The fourth-order valence-corrected chi connectivity index (χ4v) is 5.95. The number of hydrogen-bond donors (Lipinski definition) is 2. The van der Waals surface area contributed by atoms with Crippen LogP contribution < -0.4 is 25.0 Å². The van der Waals surface area contributed by atoms with Gasteiger partial charge in [0.05, 0.1) is 19.8 Å². The molecule has 0 saturated heterocycles. The fourth-order valence-electron chi connectivity index (χ4n) is 5.95. The van der Waals surface area contributed by atoms with Gasteiger partial charge in [0, 0.05) is 48.6 Å². The highest BCUT2D eigenvalue weighted by Crippen LogP contribution is 2.52. The van der Waals surface area contributed by atoms with E-state index in [2.05, 4.69) is 10.6 Å². The van der Waals surface area contributed by atoms with Gasteiger partial charge in [-0.25, -0.2) is 4.79 Å². The Labute approximate surface area is 226 Å². The van der Waals surface area contributed by atoms with E-state index in [1.807, 2.05) is 31.3 Å². The molecule has 2 aliphatic rings. The average molecular weight is 540 g/mol. The summed E-state index contributed by atoms with van der Waals surface area (Å²) in [6.45, 7) is 0.784. The van der Waals surface area contributed by atoms with Crippen LogP contribution in [0.25, 0.3) is 11.1 Å². The molecule has 6 nitrogen and oxygen atoms in total. The van der Waals surface area contributed by atoms with E-state index in [0.29, 0.717) is 17.9 Å². The SMILES string of the molecule is CNc1ccc(CNC(=O)N2CC3(CCCC3)c3cc(-c4ccc(OC)cc4C(F)(F)F)ccc32)c(OC)c1. The number of nitrogens with one attached hydrogen (secondary N) is 2. The Balaban J connectivity index is 1.47. The molecule has 5 rings (SSSR count). The van der Waals surface area contributed by atoms with Gasteiger partial charge in [-0.15, -0.1) is 0 Å². The van der Waals surface area contributed by atoms with E-state index in [0.717, 1.165) is 54.3 Å². The van der Waals surface area contributed by atoms with Crippen molar-refractivity contribution in [2.24, 2.45) is 0 Å². The lowest BCUT2D eigenvalue weighted by Gasteiger charge is -2.25. The van der Waals surface area contributed by atoms with Crippen molar-refractivity contribution in [3.63, 3.8) is 0 Å². The first kappa shape index (κ1) is 26.7. The molecule has 1 spiro atoms. The maximum absolute atomic E-state index is 14.0. The smallest absolute Gasteiger partial charge is 0.417 e. The molecule has 2 N–H and O–H groups in total. The second-order valence-electron chi connectivity index (χ2n) is 10.2. The minimum Gasteiger partial charge on any atom is -0.497 e. The number of hydrogen-bond acceptors (Lipinski definition) is 4. The lowest BCUT2D eigenvalue weighted by atomic mass is 9.79. The van der Waals surface area contributed by atoms with Crippen LogP contribution in [0.2, 0.25) is 0 Å². The Morgan fingerprint density at radius 2 is 1.77 bits per heavy atom. The Hall–Kier alpha value is -3.88. The molecule has 0 atom stereocenters. The molecular weight excluding hydrogens is 507 g/mol. The van der Waals surface area contributed by atoms with Crippen LogP contribution in [0, 0.1) is 0 Å². The number of rotatable bonds is 6. The molecule has 0 unspecified atom stereocenters. The molecule has 9 heteroatoms. The summed E-state index contributed by atoms with van der Waals surface area (Å²) < 4.78 is 52.5.